The van der Waals surface area contributed by atoms with Gasteiger partial charge in [0.2, 0.25) is 0 Å². The minimum absolute atomic E-state index is 0.213. The van der Waals surface area contributed by atoms with Crippen molar-refractivity contribution in [2.45, 2.75) is 13.0 Å². The van der Waals surface area contributed by atoms with Gasteiger partial charge in [0, 0.05) is 49.7 Å². The number of hydrogen-bond donors (Lipinski definition) is 1. The highest BCUT2D eigenvalue weighted by Gasteiger charge is 2.36. The second-order valence-corrected chi connectivity index (χ2v) is 8.19. The van der Waals surface area contributed by atoms with E-state index in [4.69, 9.17) is 0 Å². The van der Waals surface area contributed by atoms with E-state index in [-0.39, 0.29) is 11.7 Å². The Hall–Kier alpha value is -3.75. The Bertz CT molecular complexity index is 1210. The van der Waals surface area contributed by atoms with Gasteiger partial charge >= 0.3 is 0 Å². The third kappa shape index (κ3) is 3.94. The number of carbonyl (C=O) groups is 1. The van der Waals surface area contributed by atoms with Crippen LogP contribution >= 0.6 is 0 Å². The lowest BCUT2D eigenvalue weighted by molar-refractivity contribution is -0.128. The highest BCUT2D eigenvalue weighted by atomic mass is 19.1. The molecule has 0 aliphatic carbocycles. The van der Waals surface area contributed by atoms with E-state index in [0.29, 0.717) is 48.8 Å². The lowest BCUT2D eigenvalue weighted by Crippen LogP contribution is -2.50. The maximum Gasteiger partial charge on any atom is 0.254 e. The van der Waals surface area contributed by atoms with Gasteiger partial charge in [-0.2, -0.15) is 5.10 Å². The largest absolute Gasteiger partial charge is 0.368 e. The highest BCUT2D eigenvalue weighted by Crippen LogP contribution is 2.37. The van der Waals surface area contributed by atoms with Gasteiger partial charge in [-0.05, 0) is 48.9 Å². The normalized spacial score (nSPS) is 18.2. The quantitative estimate of drug-likeness (QED) is 0.653. The number of amides is 1. The van der Waals surface area contributed by atoms with Crippen LogP contribution in [0.2, 0.25) is 0 Å². The Morgan fingerprint density at radius 1 is 0.939 bits per heavy atom. The average Bonchev–Trinajstić information content (AvgIpc) is 3.25. The van der Waals surface area contributed by atoms with Gasteiger partial charge in [0.05, 0.1) is 11.8 Å². The lowest BCUT2D eigenvalue weighted by Gasteiger charge is -2.38. The molecule has 2 aromatic carbocycles. The third-order valence-corrected chi connectivity index (χ3v) is 6.10. The van der Waals surface area contributed by atoms with E-state index < -0.39 is 17.7 Å². The van der Waals surface area contributed by atoms with Crippen molar-refractivity contribution in [1.29, 1.82) is 0 Å². The number of hydrogen-bond acceptors (Lipinski definition) is 4. The molecule has 1 fully saturated rings. The summed E-state index contributed by atoms with van der Waals surface area (Å²) in [7, 11) is 0. The standard InChI is InChI=1S/C24H22F3N5O/c1-15-22(24(33)31-10-8-30(9-11-31)20-4-2-17(25)3-5-20)23(32-21(29-15)6-7-28-32)16-12-18(26)14-19(27)13-16/h2-7,12-14,23,29H,8-11H2,1H3. The fourth-order valence-corrected chi connectivity index (χ4v) is 4.51. The minimum Gasteiger partial charge on any atom is -0.368 e. The Labute approximate surface area is 188 Å². The molecule has 0 radical (unpaired) electrons. The Morgan fingerprint density at radius 3 is 2.27 bits per heavy atom. The van der Waals surface area contributed by atoms with Gasteiger partial charge in [0.15, 0.2) is 0 Å². The molecule has 3 heterocycles. The average molecular weight is 453 g/mol. The number of piperazine rings is 1. The van der Waals surface area contributed by atoms with Gasteiger partial charge < -0.3 is 15.1 Å². The predicted octanol–water partition coefficient (Wildman–Crippen LogP) is 3.94. The lowest BCUT2D eigenvalue weighted by atomic mass is 9.94. The van der Waals surface area contributed by atoms with E-state index in [0.717, 1.165) is 11.8 Å². The molecule has 1 amide bonds. The second-order valence-electron chi connectivity index (χ2n) is 8.19. The molecule has 5 rings (SSSR count). The molecule has 9 heteroatoms. The Kier molecular flexibility index (Phi) is 5.32. The van der Waals surface area contributed by atoms with Crippen molar-refractivity contribution in [2.24, 2.45) is 0 Å². The third-order valence-electron chi connectivity index (χ3n) is 6.10. The van der Waals surface area contributed by atoms with Gasteiger partial charge in [-0.3, -0.25) is 4.79 Å². The fourth-order valence-electron chi connectivity index (χ4n) is 4.51. The molecular weight excluding hydrogens is 431 g/mol. The van der Waals surface area contributed by atoms with E-state index in [1.165, 1.54) is 24.3 Å². The van der Waals surface area contributed by atoms with Gasteiger partial charge in [0.1, 0.15) is 29.3 Å². The molecule has 1 atom stereocenters. The maximum absolute atomic E-state index is 14.1. The molecule has 170 valence electrons. The molecule has 2 aliphatic rings. The number of aromatic nitrogens is 2. The van der Waals surface area contributed by atoms with E-state index in [1.807, 2.05) is 0 Å². The van der Waals surface area contributed by atoms with Gasteiger partial charge in [0.25, 0.3) is 5.91 Å². The topological polar surface area (TPSA) is 53.4 Å². The molecule has 33 heavy (non-hydrogen) atoms. The first-order valence-corrected chi connectivity index (χ1v) is 10.7. The summed E-state index contributed by atoms with van der Waals surface area (Å²) in [6.07, 6.45) is 1.58. The van der Waals surface area contributed by atoms with Crippen LogP contribution in [0, 0.1) is 17.5 Å². The SMILES string of the molecule is CC1=C(C(=O)N2CCN(c3ccc(F)cc3)CC2)C(c2cc(F)cc(F)c2)n2nccc2N1. The molecule has 0 spiro atoms. The first-order chi connectivity index (χ1) is 15.9. The van der Waals surface area contributed by atoms with Crippen molar-refractivity contribution in [3.05, 3.63) is 89.0 Å². The van der Waals surface area contributed by atoms with Crippen LogP contribution in [0.25, 0.3) is 0 Å². The number of nitrogens with zero attached hydrogens (tertiary/aromatic N) is 4. The summed E-state index contributed by atoms with van der Waals surface area (Å²) in [5.41, 5.74) is 2.22. The van der Waals surface area contributed by atoms with Gasteiger partial charge in [-0.15, -0.1) is 0 Å². The monoisotopic (exact) mass is 453 g/mol. The van der Waals surface area contributed by atoms with Crippen LogP contribution in [-0.2, 0) is 4.79 Å². The zero-order valence-corrected chi connectivity index (χ0v) is 17.9. The molecular formula is C24H22F3N5O. The second kappa shape index (κ2) is 8.31. The zero-order valence-electron chi connectivity index (χ0n) is 17.9. The van der Waals surface area contributed by atoms with E-state index >= 15 is 0 Å². The maximum atomic E-state index is 14.1. The van der Waals surface area contributed by atoms with E-state index in [9.17, 15) is 18.0 Å². The summed E-state index contributed by atoms with van der Waals surface area (Å²) in [5, 5.41) is 7.49. The number of nitrogens with one attached hydrogen (secondary N) is 1. The Balaban J connectivity index is 1.43. The number of allylic oxidation sites excluding steroid dienone is 1. The van der Waals surface area contributed by atoms with Crippen LogP contribution < -0.4 is 10.2 Å². The van der Waals surface area contributed by atoms with Crippen molar-refractivity contribution < 1.29 is 18.0 Å². The number of carbonyl (C=O) groups excluding carboxylic acids is 1. The summed E-state index contributed by atoms with van der Waals surface area (Å²) >= 11 is 0. The summed E-state index contributed by atoms with van der Waals surface area (Å²) in [4.78, 5) is 17.5. The molecule has 3 aromatic rings. The zero-order chi connectivity index (χ0) is 23.1. The minimum atomic E-state index is -0.760. The molecule has 2 aliphatic heterocycles. The fraction of sp³-hybridized carbons (Fsp3) is 0.250. The number of fused-ring (bicyclic) bond motifs is 1. The van der Waals surface area contributed by atoms with Crippen molar-refractivity contribution in [3.8, 4) is 0 Å². The van der Waals surface area contributed by atoms with Crippen molar-refractivity contribution in [2.75, 3.05) is 36.4 Å². The highest BCUT2D eigenvalue weighted by molar-refractivity contribution is 5.97. The van der Waals surface area contributed by atoms with Gasteiger partial charge in [-0.1, -0.05) is 0 Å². The van der Waals surface area contributed by atoms with Crippen LogP contribution in [0.3, 0.4) is 0 Å². The summed E-state index contributed by atoms with van der Waals surface area (Å²) in [6, 6.07) is 10.5. The summed E-state index contributed by atoms with van der Waals surface area (Å²) in [5.74, 6) is -1.30. The summed E-state index contributed by atoms with van der Waals surface area (Å²) in [6.45, 7) is 3.88. The first-order valence-electron chi connectivity index (χ1n) is 10.7. The molecule has 1 unspecified atom stereocenters. The van der Waals surface area contributed by atoms with Crippen LogP contribution in [0.5, 0.6) is 0 Å². The number of benzene rings is 2. The molecule has 0 saturated carbocycles. The number of rotatable bonds is 3. The predicted molar refractivity (Wildman–Crippen MR) is 118 cm³/mol. The van der Waals surface area contributed by atoms with E-state index in [2.05, 4.69) is 15.3 Å². The van der Waals surface area contributed by atoms with Crippen molar-refractivity contribution >= 4 is 17.4 Å². The molecule has 1 N–H and O–H groups in total. The Morgan fingerprint density at radius 2 is 1.61 bits per heavy atom. The van der Waals surface area contributed by atoms with Crippen LogP contribution in [0.4, 0.5) is 24.7 Å². The van der Waals surface area contributed by atoms with E-state index in [1.54, 1.807) is 40.9 Å². The van der Waals surface area contributed by atoms with Crippen LogP contribution in [0.15, 0.2) is 66.0 Å². The van der Waals surface area contributed by atoms with Crippen molar-refractivity contribution in [3.63, 3.8) is 0 Å². The van der Waals surface area contributed by atoms with Crippen LogP contribution in [0.1, 0.15) is 18.5 Å². The first kappa shape index (κ1) is 21.1. The molecule has 1 aromatic heterocycles. The molecule has 6 nitrogen and oxygen atoms in total. The number of anilines is 2. The molecule has 0 bridgehead atoms. The number of halogens is 3. The van der Waals surface area contributed by atoms with Crippen molar-refractivity contribution in [1.82, 2.24) is 14.7 Å². The smallest absolute Gasteiger partial charge is 0.254 e. The van der Waals surface area contributed by atoms with Crippen LogP contribution in [-0.4, -0.2) is 46.8 Å². The summed E-state index contributed by atoms with van der Waals surface area (Å²) < 4.78 is 42.9. The van der Waals surface area contributed by atoms with Gasteiger partial charge in [-0.25, -0.2) is 17.9 Å². The molecule has 1 saturated heterocycles.